The smallest absolute Gasteiger partial charge is 0.416 e. The second-order valence-electron chi connectivity index (χ2n) is 12.6. The largest absolute Gasteiger partial charge is 0.547 e. The van der Waals surface area contributed by atoms with Crippen LogP contribution in [0.15, 0.2) is 41.7 Å². The molecule has 1 aliphatic carbocycles. The Morgan fingerprint density at radius 3 is 2.41 bits per heavy atom. The molecule has 1 fully saturated rings. The lowest BCUT2D eigenvalue weighted by atomic mass is 9.61. The van der Waals surface area contributed by atoms with Crippen LogP contribution < -0.4 is 0 Å². The molecular formula is C31H45NO4Si. The monoisotopic (exact) mass is 523 g/mol. The van der Waals surface area contributed by atoms with Crippen molar-refractivity contribution < 1.29 is 18.8 Å². The highest BCUT2D eigenvalue weighted by Crippen LogP contribution is 2.53. The van der Waals surface area contributed by atoms with Crippen LogP contribution in [0.3, 0.4) is 0 Å². The summed E-state index contributed by atoms with van der Waals surface area (Å²) in [5.41, 5.74) is 1.16. The summed E-state index contributed by atoms with van der Waals surface area (Å²) in [6, 6.07) is 9.57. The Morgan fingerprint density at radius 2 is 1.81 bits per heavy atom. The summed E-state index contributed by atoms with van der Waals surface area (Å²) in [7, 11) is -2.05. The summed E-state index contributed by atoms with van der Waals surface area (Å²) in [6.45, 7) is 19.9. The van der Waals surface area contributed by atoms with E-state index in [1.165, 1.54) is 4.90 Å². The molecule has 2 aliphatic rings. The highest BCUT2D eigenvalue weighted by Gasteiger charge is 2.55. The molecule has 0 aromatic heterocycles. The van der Waals surface area contributed by atoms with Crippen molar-refractivity contribution in [2.75, 3.05) is 6.54 Å². The standard InChI is InChI=1S/C31H45NO4Si/c1-10-14-26-24(4)27(36-37(8,9)30(5,6)7)17-18-31(26)19-22(2)23(3)20-32(28(31)33)29(34)35-21-25-15-12-11-13-16-25/h11-13,15-16,22-23,26H,17-21H2,1-9H3/t22-,23-,26-,31+/m0/s1. The zero-order chi connectivity index (χ0) is 27.6. The molecule has 2 amide bonds. The summed E-state index contributed by atoms with van der Waals surface area (Å²) < 4.78 is 12.4. The van der Waals surface area contributed by atoms with E-state index in [9.17, 15) is 9.59 Å². The van der Waals surface area contributed by atoms with Gasteiger partial charge < -0.3 is 9.16 Å². The van der Waals surface area contributed by atoms with Gasteiger partial charge in [0.25, 0.3) is 0 Å². The quantitative estimate of drug-likeness (QED) is 0.302. The minimum absolute atomic E-state index is 0.0722. The van der Waals surface area contributed by atoms with Gasteiger partial charge in [-0.3, -0.25) is 4.79 Å². The highest BCUT2D eigenvalue weighted by atomic mass is 28.4. The van der Waals surface area contributed by atoms with E-state index < -0.39 is 19.8 Å². The maximum atomic E-state index is 14.4. The van der Waals surface area contributed by atoms with Gasteiger partial charge in [0, 0.05) is 13.0 Å². The van der Waals surface area contributed by atoms with Crippen molar-refractivity contribution in [3.05, 3.63) is 47.2 Å². The van der Waals surface area contributed by atoms with Gasteiger partial charge >= 0.3 is 6.09 Å². The Bertz CT molecular complexity index is 1090. The van der Waals surface area contributed by atoms with E-state index in [-0.39, 0.29) is 35.3 Å². The molecule has 1 spiro atoms. The summed E-state index contributed by atoms with van der Waals surface area (Å²) in [5, 5.41) is 0.0722. The summed E-state index contributed by atoms with van der Waals surface area (Å²) in [4.78, 5) is 29.1. The minimum atomic E-state index is -2.05. The highest BCUT2D eigenvalue weighted by molar-refractivity contribution is 6.74. The summed E-state index contributed by atoms with van der Waals surface area (Å²) in [6.07, 6.45) is 1.42. The van der Waals surface area contributed by atoms with Crippen LogP contribution >= 0.6 is 0 Å². The van der Waals surface area contributed by atoms with Crippen LogP contribution in [-0.2, 0) is 20.6 Å². The molecule has 1 aromatic carbocycles. The molecule has 6 heteroatoms. The van der Waals surface area contributed by atoms with Crippen molar-refractivity contribution in [1.82, 2.24) is 4.90 Å². The van der Waals surface area contributed by atoms with Crippen LogP contribution in [0.4, 0.5) is 4.79 Å². The van der Waals surface area contributed by atoms with Crippen LogP contribution in [0.25, 0.3) is 0 Å². The Balaban J connectivity index is 1.98. The SMILES string of the molecule is CC#C[C@H]1C(C)=C(O[Si](C)(C)C(C)(C)C)CC[C@@]12C[C@H](C)[C@@H](C)CN(C(=O)OCc1ccccc1)C2=O. The second-order valence-corrected chi connectivity index (χ2v) is 17.3. The molecule has 1 saturated heterocycles. The number of carbonyl (C=O) groups excluding carboxylic acids is 2. The van der Waals surface area contributed by atoms with Crippen molar-refractivity contribution in [2.24, 2.45) is 23.2 Å². The van der Waals surface area contributed by atoms with Crippen LogP contribution in [0.5, 0.6) is 0 Å². The fraction of sp³-hybridized carbons (Fsp3) is 0.613. The molecule has 0 N–H and O–H groups in total. The molecule has 3 rings (SSSR count). The zero-order valence-corrected chi connectivity index (χ0v) is 25.2. The molecule has 1 heterocycles. The third-order valence-electron chi connectivity index (χ3n) is 8.92. The maximum Gasteiger partial charge on any atom is 0.416 e. The molecule has 202 valence electrons. The Hall–Kier alpha value is -2.52. The van der Waals surface area contributed by atoms with E-state index in [2.05, 4.69) is 66.5 Å². The van der Waals surface area contributed by atoms with Crippen LogP contribution in [0, 0.1) is 35.0 Å². The molecular weight excluding hydrogens is 478 g/mol. The number of likely N-dealkylation sites (tertiary alicyclic amines) is 1. The van der Waals surface area contributed by atoms with Gasteiger partial charge in [0.1, 0.15) is 6.61 Å². The summed E-state index contributed by atoms with van der Waals surface area (Å²) in [5.74, 6) is 7.44. The first-order valence-electron chi connectivity index (χ1n) is 13.6. The number of imide groups is 1. The molecule has 5 nitrogen and oxygen atoms in total. The zero-order valence-electron chi connectivity index (χ0n) is 24.2. The van der Waals surface area contributed by atoms with Crippen LogP contribution in [-0.4, -0.2) is 31.8 Å². The van der Waals surface area contributed by atoms with Crippen molar-refractivity contribution >= 4 is 20.3 Å². The average molecular weight is 524 g/mol. The number of allylic oxidation sites excluding steroid dienone is 2. The van der Waals surface area contributed by atoms with Crippen molar-refractivity contribution in [3.63, 3.8) is 0 Å². The van der Waals surface area contributed by atoms with E-state index in [0.717, 1.165) is 16.9 Å². The van der Waals surface area contributed by atoms with Gasteiger partial charge in [0.15, 0.2) is 0 Å². The third kappa shape index (κ3) is 5.98. The minimum Gasteiger partial charge on any atom is -0.547 e. The predicted molar refractivity (Wildman–Crippen MR) is 151 cm³/mol. The number of rotatable bonds is 4. The van der Waals surface area contributed by atoms with Gasteiger partial charge in [-0.05, 0) is 67.8 Å². The lowest BCUT2D eigenvalue weighted by Gasteiger charge is -2.45. The molecule has 1 aromatic rings. The molecule has 0 unspecified atom stereocenters. The van der Waals surface area contributed by atoms with Gasteiger partial charge in [-0.15, -0.1) is 5.92 Å². The normalized spacial score (nSPS) is 26.9. The Labute approximate surface area is 225 Å². The molecule has 0 bridgehead atoms. The van der Waals surface area contributed by atoms with E-state index in [1.54, 1.807) is 0 Å². The van der Waals surface area contributed by atoms with Gasteiger partial charge in [0.2, 0.25) is 14.2 Å². The fourth-order valence-corrected chi connectivity index (χ4v) is 6.51. The molecule has 4 atom stereocenters. The second kappa shape index (κ2) is 11.1. The van der Waals surface area contributed by atoms with Gasteiger partial charge in [0.05, 0.1) is 17.1 Å². The van der Waals surface area contributed by atoms with Crippen molar-refractivity contribution in [3.8, 4) is 11.8 Å². The predicted octanol–water partition coefficient (Wildman–Crippen LogP) is 7.54. The lowest BCUT2D eigenvalue weighted by molar-refractivity contribution is -0.142. The Kier molecular flexibility index (Phi) is 8.69. The first-order chi connectivity index (χ1) is 17.2. The first-order valence-corrected chi connectivity index (χ1v) is 16.5. The number of carbonyl (C=O) groups is 2. The molecule has 0 saturated carbocycles. The number of hydrogen-bond donors (Lipinski definition) is 0. The number of hydrogen-bond acceptors (Lipinski definition) is 4. The fourth-order valence-electron chi connectivity index (χ4n) is 5.32. The van der Waals surface area contributed by atoms with Gasteiger partial charge in [-0.25, -0.2) is 9.69 Å². The first kappa shape index (κ1) is 29.0. The van der Waals surface area contributed by atoms with Gasteiger partial charge in [-0.2, -0.15) is 0 Å². The average Bonchev–Trinajstić information content (AvgIpc) is 2.92. The molecule has 0 radical (unpaired) electrons. The van der Waals surface area contributed by atoms with E-state index >= 15 is 0 Å². The van der Waals surface area contributed by atoms with Gasteiger partial charge in [-0.1, -0.05) is 70.9 Å². The molecule has 1 aliphatic heterocycles. The number of nitrogens with zero attached hydrogens (tertiary/aromatic N) is 1. The van der Waals surface area contributed by atoms with E-state index in [1.807, 2.05) is 37.3 Å². The number of ether oxygens (including phenoxy) is 1. The molecule has 37 heavy (non-hydrogen) atoms. The van der Waals surface area contributed by atoms with Crippen LogP contribution in [0.1, 0.15) is 73.3 Å². The summed E-state index contributed by atoms with van der Waals surface area (Å²) >= 11 is 0. The topological polar surface area (TPSA) is 55.8 Å². The van der Waals surface area contributed by atoms with Crippen molar-refractivity contribution in [1.29, 1.82) is 0 Å². The number of amides is 2. The lowest BCUT2D eigenvalue weighted by Crippen LogP contribution is -2.51. The maximum absolute atomic E-state index is 14.4. The van der Waals surface area contributed by atoms with E-state index in [0.29, 0.717) is 25.8 Å². The van der Waals surface area contributed by atoms with E-state index in [4.69, 9.17) is 9.16 Å². The number of benzene rings is 1. The van der Waals surface area contributed by atoms with Crippen molar-refractivity contribution in [2.45, 2.75) is 92.5 Å². The third-order valence-corrected chi connectivity index (χ3v) is 13.3. The Morgan fingerprint density at radius 1 is 1.16 bits per heavy atom. The van der Waals surface area contributed by atoms with Crippen LogP contribution in [0.2, 0.25) is 18.1 Å².